The molecule has 0 aliphatic carbocycles. The van der Waals surface area contributed by atoms with Crippen molar-refractivity contribution in [2.75, 3.05) is 14.2 Å². The van der Waals surface area contributed by atoms with Gasteiger partial charge in [0.2, 0.25) is 0 Å². The number of rotatable bonds is 3. The molecule has 90 valence electrons. The van der Waals surface area contributed by atoms with Gasteiger partial charge < -0.3 is 9.47 Å². The van der Waals surface area contributed by atoms with Crippen molar-refractivity contribution in [3.05, 3.63) is 28.8 Å². The molecule has 0 aromatic heterocycles. The number of carbonyl (C=O) groups excluding carboxylic acids is 1. The number of carbonyl (C=O) groups is 1. The Hall–Kier alpha value is -2.16. The van der Waals surface area contributed by atoms with Gasteiger partial charge in [0.15, 0.2) is 0 Å². The van der Waals surface area contributed by atoms with Gasteiger partial charge in [-0.05, 0) is 12.1 Å². The Morgan fingerprint density at radius 2 is 2.06 bits per heavy atom. The lowest BCUT2D eigenvalue weighted by Gasteiger charge is -2.11. The van der Waals surface area contributed by atoms with Crippen LogP contribution in [0.25, 0.3) is 0 Å². The number of nitrogens with zero attached hydrogens (tertiary/aromatic N) is 1. The quantitative estimate of drug-likeness (QED) is 0.762. The van der Waals surface area contributed by atoms with Crippen molar-refractivity contribution in [1.82, 2.24) is 0 Å². The number of nitriles is 1. The number of halogens is 2. The van der Waals surface area contributed by atoms with Gasteiger partial charge in [0, 0.05) is 0 Å². The Labute approximate surface area is 96.4 Å². The van der Waals surface area contributed by atoms with Gasteiger partial charge in [-0.2, -0.15) is 5.26 Å². The topological polar surface area (TPSA) is 59.3 Å². The number of ether oxygens (including phenoxy) is 2. The molecule has 0 bridgehead atoms. The van der Waals surface area contributed by atoms with Crippen LogP contribution in [0.2, 0.25) is 0 Å². The van der Waals surface area contributed by atoms with E-state index < -0.39 is 18.0 Å². The molecule has 0 radical (unpaired) electrons. The number of hydrogen-bond donors (Lipinski definition) is 0. The minimum Gasteiger partial charge on any atom is -0.495 e. The largest absolute Gasteiger partial charge is 0.495 e. The smallest absolute Gasteiger partial charge is 0.337 e. The zero-order chi connectivity index (χ0) is 13.0. The van der Waals surface area contributed by atoms with Crippen molar-refractivity contribution in [3.63, 3.8) is 0 Å². The van der Waals surface area contributed by atoms with Gasteiger partial charge in [0.05, 0.1) is 30.9 Å². The molecule has 6 heteroatoms. The van der Waals surface area contributed by atoms with E-state index in [1.165, 1.54) is 7.11 Å². The maximum atomic E-state index is 12.7. The highest BCUT2D eigenvalue weighted by Gasteiger charge is 2.21. The molecular weight excluding hydrogens is 232 g/mol. The first-order chi connectivity index (χ1) is 8.04. The lowest BCUT2D eigenvalue weighted by atomic mass is 10.0. The third-order valence-corrected chi connectivity index (χ3v) is 2.10. The first-order valence-corrected chi connectivity index (χ1v) is 4.53. The summed E-state index contributed by atoms with van der Waals surface area (Å²) in [6.07, 6.45) is -2.85. The first kappa shape index (κ1) is 12.9. The van der Waals surface area contributed by atoms with Crippen molar-refractivity contribution >= 4 is 5.97 Å². The maximum Gasteiger partial charge on any atom is 0.337 e. The molecule has 17 heavy (non-hydrogen) atoms. The van der Waals surface area contributed by atoms with E-state index in [0.29, 0.717) is 0 Å². The summed E-state index contributed by atoms with van der Waals surface area (Å²) in [5.74, 6) is -1.01. The minimum atomic E-state index is -2.85. The molecule has 0 N–H and O–H groups in total. The second-order valence-corrected chi connectivity index (χ2v) is 3.05. The monoisotopic (exact) mass is 241 g/mol. The van der Waals surface area contributed by atoms with Crippen molar-refractivity contribution < 1.29 is 23.0 Å². The van der Waals surface area contributed by atoms with E-state index in [9.17, 15) is 13.6 Å². The van der Waals surface area contributed by atoms with Gasteiger partial charge in [-0.25, -0.2) is 13.6 Å². The molecule has 1 aromatic rings. The van der Waals surface area contributed by atoms with Crippen molar-refractivity contribution in [2.24, 2.45) is 0 Å². The minimum absolute atomic E-state index is 0.111. The van der Waals surface area contributed by atoms with E-state index in [1.54, 1.807) is 6.07 Å². The van der Waals surface area contributed by atoms with E-state index in [0.717, 1.165) is 19.2 Å². The molecule has 0 unspecified atom stereocenters. The molecule has 0 atom stereocenters. The summed E-state index contributed by atoms with van der Waals surface area (Å²) >= 11 is 0. The molecule has 0 amide bonds. The summed E-state index contributed by atoms with van der Waals surface area (Å²) in [6.45, 7) is 0. The SMILES string of the molecule is COC(=O)c1cc(C#N)c(OC)c(C(F)F)c1. The van der Waals surface area contributed by atoms with E-state index in [2.05, 4.69) is 4.74 Å². The van der Waals surface area contributed by atoms with Crippen molar-refractivity contribution in [2.45, 2.75) is 6.43 Å². The second-order valence-electron chi connectivity index (χ2n) is 3.05. The summed E-state index contributed by atoms with van der Waals surface area (Å²) < 4.78 is 34.6. The average molecular weight is 241 g/mol. The van der Waals surface area contributed by atoms with Crippen molar-refractivity contribution in [3.8, 4) is 11.8 Å². The van der Waals surface area contributed by atoms with E-state index in [1.807, 2.05) is 0 Å². The highest BCUT2D eigenvalue weighted by Crippen LogP contribution is 2.33. The number of esters is 1. The molecule has 1 aromatic carbocycles. The number of hydrogen-bond acceptors (Lipinski definition) is 4. The summed E-state index contributed by atoms with van der Waals surface area (Å²) in [5, 5.41) is 8.81. The van der Waals surface area contributed by atoms with Gasteiger partial charge >= 0.3 is 5.97 Å². The summed E-state index contributed by atoms with van der Waals surface area (Å²) in [6, 6.07) is 3.80. The van der Waals surface area contributed by atoms with Crippen LogP contribution in [0.3, 0.4) is 0 Å². The third-order valence-electron chi connectivity index (χ3n) is 2.10. The highest BCUT2D eigenvalue weighted by atomic mass is 19.3. The molecule has 0 heterocycles. The molecule has 0 spiro atoms. The summed E-state index contributed by atoms with van der Waals surface area (Å²) in [7, 11) is 2.31. The van der Waals surface area contributed by atoms with Crippen LogP contribution in [0.15, 0.2) is 12.1 Å². The van der Waals surface area contributed by atoms with Gasteiger partial charge in [0.1, 0.15) is 11.8 Å². The number of benzene rings is 1. The Bertz CT molecular complexity index is 480. The van der Waals surface area contributed by atoms with Crippen LogP contribution < -0.4 is 4.74 Å². The predicted molar refractivity (Wildman–Crippen MR) is 54.0 cm³/mol. The highest BCUT2D eigenvalue weighted by molar-refractivity contribution is 5.90. The van der Waals surface area contributed by atoms with Crippen LogP contribution >= 0.6 is 0 Å². The van der Waals surface area contributed by atoms with Gasteiger partial charge in [-0.1, -0.05) is 0 Å². The lowest BCUT2D eigenvalue weighted by Crippen LogP contribution is -2.05. The third kappa shape index (κ3) is 2.50. The van der Waals surface area contributed by atoms with E-state index in [4.69, 9.17) is 10.00 Å². The van der Waals surface area contributed by atoms with Gasteiger partial charge in [-0.15, -0.1) is 0 Å². The van der Waals surface area contributed by atoms with Crippen LogP contribution in [0.5, 0.6) is 5.75 Å². The first-order valence-electron chi connectivity index (χ1n) is 4.53. The van der Waals surface area contributed by atoms with Crippen molar-refractivity contribution in [1.29, 1.82) is 5.26 Å². The Morgan fingerprint density at radius 1 is 1.41 bits per heavy atom. The average Bonchev–Trinajstić information content (AvgIpc) is 2.35. The normalized spacial score (nSPS) is 9.88. The zero-order valence-electron chi connectivity index (χ0n) is 9.16. The van der Waals surface area contributed by atoms with Crippen LogP contribution in [-0.4, -0.2) is 20.2 Å². The summed E-state index contributed by atoms with van der Waals surface area (Å²) in [4.78, 5) is 11.2. The molecule has 0 aliphatic heterocycles. The molecule has 1 rings (SSSR count). The van der Waals surface area contributed by atoms with Gasteiger partial charge in [0.25, 0.3) is 6.43 Å². The fourth-order valence-corrected chi connectivity index (χ4v) is 1.36. The van der Waals surface area contributed by atoms with E-state index >= 15 is 0 Å². The second kappa shape index (κ2) is 5.25. The van der Waals surface area contributed by atoms with Crippen LogP contribution in [0.1, 0.15) is 27.9 Å². The lowest BCUT2D eigenvalue weighted by molar-refractivity contribution is 0.0600. The fraction of sp³-hybridized carbons (Fsp3) is 0.273. The fourth-order valence-electron chi connectivity index (χ4n) is 1.36. The zero-order valence-corrected chi connectivity index (χ0v) is 9.16. The van der Waals surface area contributed by atoms with Crippen LogP contribution in [-0.2, 0) is 4.74 Å². The molecule has 4 nitrogen and oxygen atoms in total. The molecule has 0 aliphatic rings. The summed E-state index contributed by atoms with van der Waals surface area (Å²) in [5.41, 5.74) is -0.752. The molecule has 0 fully saturated rings. The van der Waals surface area contributed by atoms with E-state index in [-0.39, 0.29) is 16.9 Å². The standard InChI is InChI=1S/C11H9F2NO3/c1-16-9-7(5-14)3-6(11(15)17-2)4-8(9)10(12)13/h3-4,10H,1-2H3. The Balaban J connectivity index is 3.47. The predicted octanol–water partition coefficient (Wildman–Crippen LogP) is 2.29. The van der Waals surface area contributed by atoms with Crippen LogP contribution in [0, 0.1) is 11.3 Å². The van der Waals surface area contributed by atoms with Gasteiger partial charge in [-0.3, -0.25) is 0 Å². The Morgan fingerprint density at radius 3 is 2.47 bits per heavy atom. The molecule has 0 saturated carbocycles. The number of methoxy groups -OCH3 is 2. The molecule has 0 saturated heterocycles. The maximum absolute atomic E-state index is 12.7. The molecular formula is C11H9F2NO3. The Kier molecular flexibility index (Phi) is 3.99. The van der Waals surface area contributed by atoms with Crippen LogP contribution in [0.4, 0.5) is 8.78 Å². The number of alkyl halides is 2.